The van der Waals surface area contributed by atoms with Crippen LogP contribution >= 0.6 is 0 Å². The summed E-state index contributed by atoms with van der Waals surface area (Å²) in [5, 5.41) is 16.2. The molecule has 0 saturated heterocycles. The highest BCUT2D eigenvalue weighted by Crippen LogP contribution is 2.19. The van der Waals surface area contributed by atoms with Crippen LogP contribution in [-0.2, 0) is 6.54 Å². The summed E-state index contributed by atoms with van der Waals surface area (Å²) >= 11 is 0. The Labute approximate surface area is 136 Å². The lowest BCUT2D eigenvalue weighted by Crippen LogP contribution is -2.03. The van der Waals surface area contributed by atoms with E-state index in [1.807, 2.05) is 36.4 Å². The molecule has 0 fully saturated rings. The SMILES string of the molecule is Fc1cccc(-c2nnn(Cc3cc(-c4ccccc4)no3)n2)c1. The molecule has 24 heavy (non-hydrogen) atoms. The molecular weight excluding hydrogens is 309 g/mol. The average molecular weight is 321 g/mol. The quantitative estimate of drug-likeness (QED) is 0.577. The molecule has 0 spiro atoms. The molecule has 0 atom stereocenters. The first-order chi connectivity index (χ1) is 11.8. The van der Waals surface area contributed by atoms with Gasteiger partial charge in [-0.2, -0.15) is 4.80 Å². The Morgan fingerprint density at radius 2 is 1.79 bits per heavy atom. The van der Waals surface area contributed by atoms with E-state index in [0.29, 0.717) is 23.7 Å². The van der Waals surface area contributed by atoms with E-state index in [2.05, 4.69) is 20.6 Å². The normalized spacial score (nSPS) is 10.9. The van der Waals surface area contributed by atoms with Crippen LogP contribution in [0.25, 0.3) is 22.6 Å². The average Bonchev–Trinajstić information content (AvgIpc) is 3.26. The van der Waals surface area contributed by atoms with Gasteiger partial charge >= 0.3 is 0 Å². The number of halogens is 1. The number of rotatable bonds is 4. The van der Waals surface area contributed by atoms with Gasteiger partial charge in [0, 0.05) is 17.2 Å². The summed E-state index contributed by atoms with van der Waals surface area (Å²) in [4.78, 5) is 1.38. The maximum absolute atomic E-state index is 13.3. The first-order valence-electron chi connectivity index (χ1n) is 7.33. The molecular formula is C17H12FN5O. The van der Waals surface area contributed by atoms with Gasteiger partial charge in [0.25, 0.3) is 0 Å². The number of hydrogen-bond donors (Lipinski definition) is 0. The molecule has 118 valence electrons. The minimum atomic E-state index is -0.341. The molecule has 6 nitrogen and oxygen atoms in total. The smallest absolute Gasteiger partial charge is 0.205 e. The minimum Gasteiger partial charge on any atom is -0.359 e. The van der Waals surface area contributed by atoms with Gasteiger partial charge < -0.3 is 4.52 Å². The van der Waals surface area contributed by atoms with E-state index < -0.39 is 0 Å². The van der Waals surface area contributed by atoms with Crippen molar-refractivity contribution in [3.05, 3.63) is 72.2 Å². The van der Waals surface area contributed by atoms with Crippen molar-refractivity contribution in [2.24, 2.45) is 0 Å². The van der Waals surface area contributed by atoms with Crippen molar-refractivity contribution in [2.45, 2.75) is 6.54 Å². The standard InChI is InChI=1S/C17H12FN5O/c18-14-8-4-7-13(9-14)17-19-22-23(20-17)11-15-10-16(21-24-15)12-5-2-1-3-6-12/h1-10H,11H2. The maximum Gasteiger partial charge on any atom is 0.205 e. The maximum atomic E-state index is 13.3. The van der Waals surface area contributed by atoms with Crippen molar-refractivity contribution in [1.82, 2.24) is 25.4 Å². The zero-order valence-corrected chi connectivity index (χ0v) is 12.5. The summed E-state index contributed by atoms with van der Waals surface area (Å²) in [6.07, 6.45) is 0. The highest BCUT2D eigenvalue weighted by molar-refractivity contribution is 5.58. The lowest BCUT2D eigenvalue weighted by molar-refractivity contribution is 0.364. The van der Waals surface area contributed by atoms with E-state index in [-0.39, 0.29) is 5.82 Å². The molecule has 0 saturated carbocycles. The number of tetrazole rings is 1. The summed E-state index contributed by atoms with van der Waals surface area (Å²) in [5.41, 5.74) is 2.29. The monoisotopic (exact) mass is 321 g/mol. The lowest BCUT2D eigenvalue weighted by atomic mass is 10.1. The zero-order valence-electron chi connectivity index (χ0n) is 12.5. The molecule has 0 N–H and O–H groups in total. The predicted molar refractivity (Wildman–Crippen MR) is 84.3 cm³/mol. The van der Waals surface area contributed by atoms with Gasteiger partial charge in [0.15, 0.2) is 5.76 Å². The molecule has 4 aromatic rings. The van der Waals surface area contributed by atoms with Crippen molar-refractivity contribution in [1.29, 1.82) is 0 Å². The number of nitrogens with zero attached hydrogens (tertiary/aromatic N) is 5. The van der Waals surface area contributed by atoms with Crippen LogP contribution in [0, 0.1) is 5.82 Å². The van der Waals surface area contributed by atoms with Crippen molar-refractivity contribution >= 4 is 0 Å². The Morgan fingerprint density at radius 3 is 2.62 bits per heavy atom. The van der Waals surface area contributed by atoms with Crippen molar-refractivity contribution in [3.63, 3.8) is 0 Å². The van der Waals surface area contributed by atoms with Crippen molar-refractivity contribution in [3.8, 4) is 22.6 Å². The third-order valence-corrected chi connectivity index (χ3v) is 3.46. The first-order valence-corrected chi connectivity index (χ1v) is 7.33. The number of aromatic nitrogens is 5. The largest absolute Gasteiger partial charge is 0.359 e. The van der Waals surface area contributed by atoms with E-state index in [9.17, 15) is 4.39 Å². The third kappa shape index (κ3) is 2.91. The van der Waals surface area contributed by atoms with Crippen LogP contribution in [0.15, 0.2) is 65.2 Å². The Balaban J connectivity index is 1.54. The number of benzene rings is 2. The number of hydrogen-bond acceptors (Lipinski definition) is 5. The van der Waals surface area contributed by atoms with Gasteiger partial charge in [-0.15, -0.1) is 10.2 Å². The second kappa shape index (κ2) is 6.04. The van der Waals surface area contributed by atoms with Crippen LogP contribution in [0.2, 0.25) is 0 Å². The fourth-order valence-electron chi connectivity index (χ4n) is 2.33. The molecule has 4 rings (SSSR count). The Bertz CT molecular complexity index is 964. The summed E-state index contributed by atoms with van der Waals surface area (Å²) in [5.74, 6) is 0.626. The highest BCUT2D eigenvalue weighted by Gasteiger charge is 2.11. The van der Waals surface area contributed by atoms with E-state index in [4.69, 9.17) is 4.52 Å². The predicted octanol–water partition coefficient (Wildman–Crippen LogP) is 3.18. The Hall–Kier alpha value is -3.35. The Morgan fingerprint density at radius 1 is 0.958 bits per heavy atom. The second-order valence-electron chi connectivity index (χ2n) is 5.20. The van der Waals surface area contributed by atoms with Crippen molar-refractivity contribution in [2.75, 3.05) is 0 Å². The molecule has 7 heteroatoms. The van der Waals surface area contributed by atoms with Crippen LogP contribution < -0.4 is 0 Å². The van der Waals surface area contributed by atoms with E-state index in [0.717, 1.165) is 11.3 Å². The van der Waals surface area contributed by atoms with Crippen LogP contribution in [0.1, 0.15) is 5.76 Å². The fraction of sp³-hybridized carbons (Fsp3) is 0.0588. The fourth-order valence-corrected chi connectivity index (χ4v) is 2.33. The van der Waals surface area contributed by atoms with Crippen LogP contribution in [0.4, 0.5) is 4.39 Å². The molecule has 0 amide bonds. The summed E-state index contributed by atoms with van der Waals surface area (Å²) in [6.45, 7) is 0.294. The van der Waals surface area contributed by atoms with Crippen LogP contribution in [-0.4, -0.2) is 25.4 Å². The van der Waals surface area contributed by atoms with Gasteiger partial charge in [-0.25, -0.2) is 4.39 Å². The van der Waals surface area contributed by atoms with Gasteiger partial charge in [0.1, 0.15) is 18.1 Å². The summed E-state index contributed by atoms with van der Waals surface area (Å²) < 4.78 is 18.6. The molecule has 0 aliphatic carbocycles. The van der Waals surface area contributed by atoms with Crippen LogP contribution in [0.5, 0.6) is 0 Å². The lowest BCUT2D eigenvalue weighted by Gasteiger charge is -1.94. The third-order valence-electron chi connectivity index (χ3n) is 3.46. The molecule has 2 heterocycles. The van der Waals surface area contributed by atoms with Gasteiger partial charge in [-0.3, -0.25) is 0 Å². The van der Waals surface area contributed by atoms with E-state index in [1.54, 1.807) is 12.1 Å². The molecule has 2 aromatic heterocycles. The second-order valence-corrected chi connectivity index (χ2v) is 5.20. The van der Waals surface area contributed by atoms with Crippen LogP contribution in [0.3, 0.4) is 0 Å². The van der Waals surface area contributed by atoms with Gasteiger partial charge in [-0.1, -0.05) is 47.6 Å². The summed E-state index contributed by atoms with van der Waals surface area (Å²) in [7, 11) is 0. The molecule has 0 aliphatic rings. The molecule has 2 aromatic carbocycles. The summed E-state index contributed by atoms with van der Waals surface area (Å²) in [6, 6.07) is 17.6. The van der Waals surface area contributed by atoms with Gasteiger partial charge in [0.05, 0.1) is 0 Å². The molecule has 0 unspecified atom stereocenters. The van der Waals surface area contributed by atoms with Gasteiger partial charge in [-0.05, 0) is 17.3 Å². The van der Waals surface area contributed by atoms with E-state index in [1.165, 1.54) is 16.9 Å². The first kappa shape index (κ1) is 14.3. The van der Waals surface area contributed by atoms with E-state index >= 15 is 0 Å². The minimum absolute atomic E-state index is 0.294. The topological polar surface area (TPSA) is 69.6 Å². The highest BCUT2D eigenvalue weighted by atomic mass is 19.1. The molecule has 0 bridgehead atoms. The molecule has 0 radical (unpaired) electrons. The Kier molecular flexibility index (Phi) is 3.59. The molecule has 0 aliphatic heterocycles. The van der Waals surface area contributed by atoms with Crippen molar-refractivity contribution < 1.29 is 8.91 Å². The van der Waals surface area contributed by atoms with Gasteiger partial charge in [0.2, 0.25) is 5.82 Å². The zero-order chi connectivity index (χ0) is 16.4.